The van der Waals surface area contributed by atoms with Crippen molar-refractivity contribution in [2.45, 2.75) is 17.1 Å². The minimum absolute atomic E-state index is 0.0644. The Morgan fingerprint density at radius 3 is 2.76 bits per heavy atom. The van der Waals surface area contributed by atoms with Gasteiger partial charge in [0.1, 0.15) is 11.3 Å². The van der Waals surface area contributed by atoms with Gasteiger partial charge in [0.15, 0.2) is 6.79 Å². The summed E-state index contributed by atoms with van der Waals surface area (Å²) in [4.78, 5) is 18.0. The van der Waals surface area contributed by atoms with Gasteiger partial charge in [-0.25, -0.2) is 4.79 Å². The summed E-state index contributed by atoms with van der Waals surface area (Å²) in [5.41, 5.74) is 3.13. The van der Waals surface area contributed by atoms with E-state index in [0.29, 0.717) is 17.1 Å². The van der Waals surface area contributed by atoms with E-state index in [2.05, 4.69) is 4.99 Å². The second kappa shape index (κ2) is 8.18. The van der Waals surface area contributed by atoms with Crippen molar-refractivity contribution >= 4 is 29.6 Å². The summed E-state index contributed by atoms with van der Waals surface area (Å²) in [7, 11) is 2.91. The third-order valence-corrected chi connectivity index (χ3v) is 4.86. The summed E-state index contributed by atoms with van der Waals surface area (Å²) in [6.07, 6.45) is 2.58. The van der Waals surface area contributed by atoms with Crippen LogP contribution < -0.4 is 4.74 Å². The lowest BCUT2D eigenvalue weighted by Gasteiger charge is -2.17. The van der Waals surface area contributed by atoms with Crippen LogP contribution in [0.3, 0.4) is 0 Å². The molecule has 2 aromatic carbocycles. The molecule has 25 heavy (non-hydrogen) atoms. The molecule has 0 radical (unpaired) electrons. The fourth-order valence-electron chi connectivity index (χ4n) is 2.69. The number of aliphatic imine (C=N–C) groups is 1. The average Bonchev–Trinajstić information content (AvgIpc) is 3.12. The van der Waals surface area contributed by atoms with Gasteiger partial charge in [0.05, 0.1) is 12.8 Å². The first kappa shape index (κ1) is 17.5. The number of thioether (sulfide) groups is 1. The lowest BCUT2D eigenvalue weighted by molar-refractivity contribution is 0.0464. The Hall–Kier alpha value is -2.31. The van der Waals surface area contributed by atoms with E-state index in [1.165, 1.54) is 7.11 Å². The van der Waals surface area contributed by atoms with E-state index in [1.54, 1.807) is 18.9 Å². The van der Waals surface area contributed by atoms with Crippen molar-refractivity contribution in [1.82, 2.24) is 0 Å². The normalized spacial score (nSPS) is 12.1. The first-order chi connectivity index (χ1) is 12.2. The molecule has 5 nitrogen and oxygen atoms in total. The monoisotopic (exact) mass is 357 g/mol. The highest BCUT2D eigenvalue weighted by Crippen LogP contribution is 2.40. The molecule has 0 unspecified atom stereocenters. The van der Waals surface area contributed by atoms with Gasteiger partial charge in [-0.1, -0.05) is 18.2 Å². The van der Waals surface area contributed by atoms with Gasteiger partial charge < -0.3 is 14.2 Å². The number of benzene rings is 2. The molecule has 3 rings (SSSR count). The average molecular weight is 357 g/mol. The third kappa shape index (κ3) is 3.86. The third-order valence-electron chi connectivity index (χ3n) is 3.82. The van der Waals surface area contributed by atoms with Crippen LogP contribution >= 0.6 is 11.8 Å². The minimum Gasteiger partial charge on any atom is -0.467 e. The molecule has 0 atom stereocenters. The number of carbonyl (C=O) groups excluding carboxylic acids is 1. The predicted molar refractivity (Wildman–Crippen MR) is 98.1 cm³/mol. The Labute approximate surface area is 151 Å². The van der Waals surface area contributed by atoms with Crippen LogP contribution in [0.4, 0.5) is 5.69 Å². The number of hydrogen-bond donors (Lipinski definition) is 0. The summed E-state index contributed by atoms with van der Waals surface area (Å²) in [5, 5.41) is 0. The number of rotatable bonds is 7. The van der Waals surface area contributed by atoms with Crippen LogP contribution in [0.2, 0.25) is 0 Å². The fourth-order valence-corrected chi connectivity index (χ4v) is 3.63. The summed E-state index contributed by atoms with van der Waals surface area (Å²) < 4.78 is 15.6. The Balaban J connectivity index is 2.01. The Morgan fingerprint density at radius 1 is 1.24 bits per heavy atom. The molecular weight excluding hydrogens is 338 g/mol. The lowest BCUT2D eigenvalue weighted by Crippen LogP contribution is -2.11. The first-order valence-corrected chi connectivity index (χ1v) is 8.82. The molecule has 6 heteroatoms. The molecular formula is C19H19NO4S. The van der Waals surface area contributed by atoms with E-state index < -0.39 is 5.97 Å². The van der Waals surface area contributed by atoms with Gasteiger partial charge >= 0.3 is 5.97 Å². The molecule has 0 spiro atoms. The van der Waals surface area contributed by atoms with E-state index in [1.807, 2.05) is 42.6 Å². The van der Waals surface area contributed by atoms with Gasteiger partial charge in [0.2, 0.25) is 0 Å². The SMILES string of the molecule is COCOc1cc2c(c(CSc3ccccc3)c1C(=O)OC)N=CC2. The maximum atomic E-state index is 12.4. The maximum absolute atomic E-state index is 12.4. The molecule has 0 saturated carbocycles. The quantitative estimate of drug-likeness (QED) is 0.426. The molecule has 0 bridgehead atoms. The van der Waals surface area contributed by atoms with Crippen LogP contribution in [0.25, 0.3) is 0 Å². The molecule has 1 aliphatic rings. The van der Waals surface area contributed by atoms with E-state index in [-0.39, 0.29) is 6.79 Å². The summed E-state index contributed by atoms with van der Waals surface area (Å²) in [6.45, 7) is 0.0644. The number of ether oxygens (including phenoxy) is 3. The predicted octanol–water partition coefficient (Wildman–Crippen LogP) is 4.01. The van der Waals surface area contributed by atoms with Gasteiger partial charge in [-0.05, 0) is 23.8 Å². The van der Waals surface area contributed by atoms with E-state index in [4.69, 9.17) is 14.2 Å². The van der Waals surface area contributed by atoms with E-state index in [0.717, 1.165) is 28.1 Å². The number of carbonyl (C=O) groups is 1. The second-order valence-corrected chi connectivity index (χ2v) is 6.44. The van der Waals surface area contributed by atoms with Gasteiger partial charge in [0, 0.05) is 36.0 Å². The number of nitrogens with zero attached hydrogens (tertiary/aromatic N) is 1. The molecule has 0 aromatic heterocycles. The standard InChI is InChI=1S/C19H19NO4S/c1-22-12-24-16-10-13-8-9-20-18(13)15(17(16)19(21)23-2)11-25-14-6-4-3-5-7-14/h3-7,9-10H,8,11-12H2,1-2H3. The topological polar surface area (TPSA) is 57.1 Å². The molecule has 130 valence electrons. The summed E-state index contributed by atoms with van der Waals surface area (Å²) >= 11 is 1.65. The highest BCUT2D eigenvalue weighted by Gasteiger charge is 2.26. The largest absolute Gasteiger partial charge is 0.467 e. The Morgan fingerprint density at radius 2 is 2.04 bits per heavy atom. The van der Waals surface area contributed by atoms with Crippen LogP contribution in [-0.2, 0) is 21.6 Å². The van der Waals surface area contributed by atoms with Crippen molar-refractivity contribution in [2.24, 2.45) is 4.99 Å². The molecule has 0 amide bonds. The fraction of sp³-hybridized carbons (Fsp3) is 0.263. The van der Waals surface area contributed by atoms with Crippen LogP contribution in [0.5, 0.6) is 5.75 Å². The van der Waals surface area contributed by atoms with Gasteiger partial charge in [0.25, 0.3) is 0 Å². The van der Waals surface area contributed by atoms with Crippen molar-refractivity contribution < 1.29 is 19.0 Å². The summed E-state index contributed by atoms with van der Waals surface area (Å²) in [5.74, 6) is 0.638. The summed E-state index contributed by atoms with van der Waals surface area (Å²) in [6, 6.07) is 11.9. The molecule has 0 aliphatic carbocycles. The van der Waals surface area contributed by atoms with Crippen LogP contribution in [0.15, 0.2) is 46.3 Å². The molecule has 1 heterocycles. The first-order valence-electron chi connectivity index (χ1n) is 7.83. The lowest BCUT2D eigenvalue weighted by atomic mass is 10.0. The maximum Gasteiger partial charge on any atom is 0.342 e. The van der Waals surface area contributed by atoms with Crippen LogP contribution in [0, 0.1) is 0 Å². The zero-order valence-electron chi connectivity index (χ0n) is 14.2. The van der Waals surface area contributed by atoms with Crippen molar-refractivity contribution in [3.05, 3.63) is 53.1 Å². The van der Waals surface area contributed by atoms with Crippen molar-refractivity contribution in [2.75, 3.05) is 21.0 Å². The molecule has 0 fully saturated rings. The number of hydrogen-bond acceptors (Lipinski definition) is 6. The zero-order chi connectivity index (χ0) is 17.6. The highest BCUT2D eigenvalue weighted by atomic mass is 32.2. The Kier molecular flexibility index (Phi) is 5.73. The number of methoxy groups -OCH3 is 2. The smallest absolute Gasteiger partial charge is 0.342 e. The van der Waals surface area contributed by atoms with Crippen molar-refractivity contribution in [3.63, 3.8) is 0 Å². The second-order valence-electron chi connectivity index (χ2n) is 5.40. The van der Waals surface area contributed by atoms with Gasteiger partial charge in [-0.2, -0.15) is 0 Å². The van der Waals surface area contributed by atoms with E-state index >= 15 is 0 Å². The van der Waals surface area contributed by atoms with Crippen molar-refractivity contribution in [1.29, 1.82) is 0 Å². The minimum atomic E-state index is -0.431. The Bertz CT molecular complexity index is 790. The molecule has 1 aliphatic heterocycles. The van der Waals surface area contributed by atoms with Crippen LogP contribution in [-0.4, -0.2) is 33.2 Å². The highest BCUT2D eigenvalue weighted by molar-refractivity contribution is 7.98. The van der Waals surface area contributed by atoms with Gasteiger partial charge in [-0.15, -0.1) is 11.8 Å². The van der Waals surface area contributed by atoms with E-state index in [9.17, 15) is 4.79 Å². The molecule has 2 aromatic rings. The van der Waals surface area contributed by atoms with Gasteiger partial charge in [-0.3, -0.25) is 4.99 Å². The zero-order valence-corrected chi connectivity index (χ0v) is 15.0. The van der Waals surface area contributed by atoms with Crippen molar-refractivity contribution in [3.8, 4) is 5.75 Å². The molecule has 0 N–H and O–H groups in total. The van der Waals surface area contributed by atoms with Crippen LogP contribution in [0.1, 0.15) is 21.5 Å². The molecule has 0 saturated heterocycles. The number of fused-ring (bicyclic) bond motifs is 1. The number of esters is 1.